The van der Waals surface area contributed by atoms with E-state index in [4.69, 9.17) is 23.2 Å². The van der Waals surface area contributed by atoms with Crippen LogP contribution < -0.4 is 4.72 Å². The van der Waals surface area contributed by atoms with Gasteiger partial charge in [-0.1, -0.05) is 35.0 Å². The molecule has 1 heterocycles. The predicted molar refractivity (Wildman–Crippen MR) is 115 cm³/mol. The molecule has 0 spiro atoms. The fourth-order valence-corrected chi connectivity index (χ4v) is 4.73. The maximum absolute atomic E-state index is 12.6. The largest absolute Gasteiger partial charge is 0.271 e. The highest BCUT2D eigenvalue weighted by atomic mass is 35.5. The van der Waals surface area contributed by atoms with Crippen LogP contribution in [0.2, 0.25) is 10.0 Å². The van der Waals surface area contributed by atoms with Crippen LogP contribution >= 0.6 is 35.0 Å². The lowest BCUT2D eigenvalue weighted by Gasteiger charge is -2.08. The van der Waals surface area contributed by atoms with Crippen molar-refractivity contribution in [2.45, 2.75) is 28.5 Å². The first-order valence-electron chi connectivity index (χ1n) is 8.45. The lowest BCUT2D eigenvalue weighted by atomic mass is 10.4. The molecule has 0 aliphatic heterocycles. The van der Waals surface area contributed by atoms with Crippen LogP contribution in [0.15, 0.2) is 63.2 Å². The number of nitrogens with zero attached hydrogens (tertiary/aromatic N) is 2. The Morgan fingerprint density at radius 2 is 1.59 bits per heavy atom. The summed E-state index contributed by atoms with van der Waals surface area (Å²) in [7, 11) is -3.84. The van der Waals surface area contributed by atoms with Crippen molar-refractivity contribution in [3.63, 3.8) is 0 Å². The first-order chi connectivity index (χ1) is 13.7. The number of hydrogen-bond acceptors (Lipinski definition) is 5. The number of aromatic nitrogens is 2. The van der Waals surface area contributed by atoms with Gasteiger partial charge in [0.05, 0.1) is 27.7 Å². The highest BCUT2D eigenvalue weighted by Crippen LogP contribution is 2.33. The summed E-state index contributed by atoms with van der Waals surface area (Å²) in [6.07, 6.45) is 0. The first kappa shape index (κ1) is 21.9. The van der Waals surface area contributed by atoms with Crippen molar-refractivity contribution in [2.24, 2.45) is 0 Å². The fraction of sp³-hybridized carbons (Fsp3) is 0.158. The quantitative estimate of drug-likeness (QED) is 0.571. The molecule has 0 fully saturated rings. The van der Waals surface area contributed by atoms with E-state index in [9.17, 15) is 13.2 Å². The Hall–Kier alpha value is -1.84. The van der Waals surface area contributed by atoms with Gasteiger partial charge in [-0.2, -0.15) is 5.10 Å². The summed E-state index contributed by atoms with van der Waals surface area (Å²) in [5, 5.41) is 5.34. The van der Waals surface area contributed by atoms with Crippen LogP contribution in [0.25, 0.3) is 0 Å². The van der Waals surface area contributed by atoms with Gasteiger partial charge in [-0.25, -0.2) is 17.8 Å². The van der Waals surface area contributed by atoms with E-state index in [2.05, 4.69) is 9.82 Å². The molecule has 3 aromatic rings. The molecule has 0 amide bonds. The number of aryl methyl sites for hydroxylation is 1. The van der Waals surface area contributed by atoms with Gasteiger partial charge in [0.1, 0.15) is 0 Å². The molecule has 0 saturated carbocycles. The van der Waals surface area contributed by atoms with Gasteiger partial charge in [0.2, 0.25) is 10.0 Å². The molecule has 1 aromatic heterocycles. The Kier molecular flexibility index (Phi) is 6.70. The smallest absolute Gasteiger partial charge is 0.262 e. The molecule has 0 aliphatic carbocycles. The molecule has 3 rings (SSSR count). The Morgan fingerprint density at radius 3 is 2.17 bits per heavy atom. The zero-order valence-electron chi connectivity index (χ0n) is 15.5. The van der Waals surface area contributed by atoms with E-state index in [-0.39, 0.29) is 4.90 Å². The first-order valence-corrected chi connectivity index (χ1v) is 11.5. The fourth-order valence-electron chi connectivity index (χ4n) is 2.57. The third kappa shape index (κ3) is 5.21. The summed E-state index contributed by atoms with van der Waals surface area (Å²) in [4.78, 5) is 14.4. The van der Waals surface area contributed by atoms with Gasteiger partial charge in [-0.05, 0) is 62.4 Å². The van der Waals surface area contributed by atoms with E-state index in [1.807, 2.05) is 12.1 Å². The van der Waals surface area contributed by atoms with E-state index in [1.165, 1.54) is 40.7 Å². The van der Waals surface area contributed by atoms with E-state index in [0.29, 0.717) is 21.4 Å². The highest BCUT2D eigenvalue weighted by Gasteiger charge is 2.20. The number of halogens is 2. The lowest BCUT2D eigenvalue weighted by molar-refractivity contribution is 0.0900. The molecule has 1 N–H and O–H groups in total. The highest BCUT2D eigenvalue weighted by molar-refractivity contribution is 7.99. The molecule has 2 aromatic carbocycles. The second-order valence-corrected chi connectivity index (χ2v) is 9.86. The van der Waals surface area contributed by atoms with Crippen LogP contribution in [0.3, 0.4) is 0 Å². The van der Waals surface area contributed by atoms with Crippen molar-refractivity contribution in [3.05, 3.63) is 70.0 Å². The van der Waals surface area contributed by atoms with Gasteiger partial charge in [0.25, 0.3) is 5.91 Å². The number of nitrogens with one attached hydrogen (secondary N) is 1. The topological polar surface area (TPSA) is 81.1 Å². The average Bonchev–Trinajstić information content (AvgIpc) is 2.96. The monoisotopic (exact) mass is 469 g/mol. The van der Waals surface area contributed by atoms with Gasteiger partial charge in [-0.15, -0.1) is 0 Å². The average molecular weight is 470 g/mol. The van der Waals surface area contributed by atoms with E-state index in [0.717, 1.165) is 9.79 Å². The third-order valence-corrected chi connectivity index (χ3v) is 7.26. The van der Waals surface area contributed by atoms with Crippen molar-refractivity contribution >= 4 is 50.9 Å². The van der Waals surface area contributed by atoms with Crippen molar-refractivity contribution in [1.29, 1.82) is 0 Å². The molecule has 0 bridgehead atoms. The Morgan fingerprint density at radius 1 is 1.03 bits per heavy atom. The van der Waals surface area contributed by atoms with E-state index >= 15 is 0 Å². The van der Waals surface area contributed by atoms with Crippen molar-refractivity contribution in [3.8, 4) is 0 Å². The molecule has 6 nitrogen and oxygen atoms in total. The third-order valence-electron chi connectivity index (χ3n) is 4.03. The van der Waals surface area contributed by atoms with Gasteiger partial charge in [0, 0.05) is 14.9 Å². The summed E-state index contributed by atoms with van der Waals surface area (Å²) in [6.45, 7) is 3.15. The molecular formula is C19H17Cl2N3O3S2. The van der Waals surface area contributed by atoms with Gasteiger partial charge >= 0.3 is 0 Å². The molecule has 0 aliphatic rings. The van der Waals surface area contributed by atoms with Crippen LogP contribution in [0.1, 0.15) is 16.2 Å². The van der Waals surface area contributed by atoms with Gasteiger partial charge in [0.15, 0.2) is 0 Å². The standard InChI is InChI=1S/C19H17Cl2N3O3S2/c1-12-19(28-16-7-3-14(20)4-8-16)13(2)24(23-12)18(25)11-22-29(26,27)17-9-5-15(21)6-10-17/h3-10,22H,11H2,1-2H3. The van der Waals surface area contributed by atoms with Gasteiger partial charge < -0.3 is 0 Å². The van der Waals surface area contributed by atoms with Crippen molar-refractivity contribution in [1.82, 2.24) is 14.5 Å². The molecular weight excluding hydrogens is 453 g/mol. The second-order valence-electron chi connectivity index (χ2n) is 6.14. The molecule has 10 heteroatoms. The van der Waals surface area contributed by atoms with E-state index < -0.39 is 22.5 Å². The summed E-state index contributed by atoms with van der Waals surface area (Å²) in [5.74, 6) is -0.480. The molecule has 0 atom stereocenters. The van der Waals surface area contributed by atoms with Gasteiger partial charge in [-0.3, -0.25) is 4.79 Å². The zero-order chi connectivity index (χ0) is 21.2. The maximum atomic E-state index is 12.6. The summed E-state index contributed by atoms with van der Waals surface area (Å²) in [5.41, 5.74) is 1.31. The number of benzene rings is 2. The number of hydrogen-bond donors (Lipinski definition) is 1. The Bertz CT molecular complexity index is 1140. The zero-order valence-corrected chi connectivity index (χ0v) is 18.7. The minimum atomic E-state index is -3.84. The second kappa shape index (κ2) is 8.89. The molecule has 0 unspecified atom stereocenters. The molecule has 29 heavy (non-hydrogen) atoms. The van der Waals surface area contributed by atoms with Crippen LogP contribution in [0, 0.1) is 13.8 Å². The molecule has 0 radical (unpaired) electrons. The minimum absolute atomic E-state index is 0.0297. The van der Waals surface area contributed by atoms with Crippen LogP contribution in [0.4, 0.5) is 0 Å². The van der Waals surface area contributed by atoms with Crippen LogP contribution in [0.5, 0.6) is 0 Å². The van der Waals surface area contributed by atoms with Crippen LogP contribution in [-0.4, -0.2) is 30.7 Å². The number of carbonyl (C=O) groups excluding carboxylic acids is 1. The number of sulfonamides is 1. The Balaban J connectivity index is 1.74. The molecule has 0 saturated heterocycles. The predicted octanol–water partition coefficient (Wildman–Crippen LogP) is 4.58. The lowest BCUT2D eigenvalue weighted by Crippen LogP contribution is -2.33. The van der Waals surface area contributed by atoms with E-state index in [1.54, 1.807) is 26.0 Å². The minimum Gasteiger partial charge on any atom is -0.271 e. The van der Waals surface area contributed by atoms with Crippen LogP contribution in [-0.2, 0) is 10.0 Å². The SMILES string of the molecule is Cc1nn(C(=O)CNS(=O)(=O)c2ccc(Cl)cc2)c(C)c1Sc1ccc(Cl)cc1. The van der Waals surface area contributed by atoms with Crippen molar-refractivity contribution in [2.75, 3.05) is 6.54 Å². The Labute approximate surface area is 183 Å². The number of rotatable bonds is 6. The normalized spacial score (nSPS) is 11.6. The van der Waals surface area contributed by atoms with Crippen molar-refractivity contribution < 1.29 is 13.2 Å². The number of carbonyl (C=O) groups is 1. The summed E-state index contributed by atoms with van der Waals surface area (Å²) < 4.78 is 28.2. The summed E-state index contributed by atoms with van der Waals surface area (Å²) in [6, 6.07) is 13.0. The maximum Gasteiger partial charge on any atom is 0.262 e. The summed E-state index contributed by atoms with van der Waals surface area (Å²) >= 11 is 13.2. The molecule has 152 valence electrons.